The number of sulfone groups is 1. The number of aryl methyl sites for hydroxylation is 1. The fraction of sp³-hybridized carbons (Fsp3) is 0.526. The first-order valence-electron chi connectivity index (χ1n) is 9.18. The second-order valence-corrected chi connectivity index (χ2v) is 10.3. The number of aromatic nitrogens is 3. The SMILES string of the molecule is CCn1c(CS(=O)(=O)c2ccc(C)cc2)nnc1SC(C)C(=O)OCC(C)C. The Morgan fingerprint density at radius 2 is 1.82 bits per heavy atom. The third kappa shape index (κ3) is 5.81. The van der Waals surface area contributed by atoms with Crippen molar-refractivity contribution < 1.29 is 17.9 Å². The molecule has 0 bridgehead atoms. The van der Waals surface area contributed by atoms with Crippen molar-refractivity contribution >= 4 is 27.6 Å². The molecule has 0 aliphatic heterocycles. The van der Waals surface area contributed by atoms with Crippen molar-refractivity contribution in [1.29, 1.82) is 0 Å². The summed E-state index contributed by atoms with van der Waals surface area (Å²) in [5.74, 6) is 0.0504. The molecule has 0 aliphatic rings. The molecular weight excluding hydrogens is 398 g/mol. The third-order valence-corrected chi connectivity index (χ3v) is 6.67. The number of rotatable bonds is 9. The number of benzene rings is 1. The quantitative estimate of drug-likeness (QED) is 0.450. The summed E-state index contributed by atoms with van der Waals surface area (Å²) in [6, 6.07) is 6.73. The Morgan fingerprint density at radius 3 is 2.39 bits per heavy atom. The van der Waals surface area contributed by atoms with Crippen molar-refractivity contribution in [3.8, 4) is 0 Å². The molecule has 1 aromatic carbocycles. The zero-order chi connectivity index (χ0) is 20.9. The van der Waals surface area contributed by atoms with Crippen LogP contribution in [0.15, 0.2) is 34.3 Å². The highest BCUT2D eigenvalue weighted by Gasteiger charge is 2.24. The molecule has 28 heavy (non-hydrogen) atoms. The van der Waals surface area contributed by atoms with Crippen molar-refractivity contribution in [2.24, 2.45) is 5.92 Å². The van der Waals surface area contributed by atoms with Crippen LogP contribution in [-0.2, 0) is 31.7 Å². The normalized spacial score (nSPS) is 12.9. The van der Waals surface area contributed by atoms with E-state index in [4.69, 9.17) is 4.74 Å². The van der Waals surface area contributed by atoms with Crippen LogP contribution in [0.5, 0.6) is 0 Å². The van der Waals surface area contributed by atoms with E-state index in [-0.39, 0.29) is 22.5 Å². The molecule has 154 valence electrons. The van der Waals surface area contributed by atoms with Gasteiger partial charge in [-0.25, -0.2) is 8.42 Å². The summed E-state index contributed by atoms with van der Waals surface area (Å²) < 4.78 is 32.4. The van der Waals surface area contributed by atoms with Gasteiger partial charge in [0.15, 0.2) is 15.0 Å². The summed E-state index contributed by atoms with van der Waals surface area (Å²) in [6.45, 7) is 10.3. The summed E-state index contributed by atoms with van der Waals surface area (Å²) in [5.41, 5.74) is 0.993. The van der Waals surface area contributed by atoms with E-state index in [1.807, 2.05) is 27.7 Å². The van der Waals surface area contributed by atoms with Crippen LogP contribution in [-0.4, -0.2) is 41.0 Å². The van der Waals surface area contributed by atoms with Gasteiger partial charge in [-0.3, -0.25) is 4.79 Å². The molecule has 0 radical (unpaired) electrons. The molecule has 7 nitrogen and oxygen atoms in total. The largest absolute Gasteiger partial charge is 0.465 e. The molecule has 0 saturated heterocycles. The van der Waals surface area contributed by atoms with Crippen LogP contribution in [0.4, 0.5) is 0 Å². The monoisotopic (exact) mass is 425 g/mol. The number of ether oxygens (including phenoxy) is 1. The molecule has 0 N–H and O–H groups in total. The van der Waals surface area contributed by atoms with Crippen molar-refractivity contribution in [1.82, 2.24) is 14.8 Å². The Morgan fingerprint density at radius 1 is 1.18 bits per heavy atom. The lowest BCUT2D eigenvalue weighted by Crippen LogP contribution is -2.20. The zero-order valence-corrected chi connectivity index (χ0v) is 18.5. The Balaban J connectivity index is 2.15. The van der Waals surface area contributed by atoms with Gasteiger partial charge >= 0.3 is 5.97 Å². The first kappa shape index (κ1) is 22.4. The third-order valence-electron chi connectivity index (χ3n) is 3.98. The molecule has 0 saturated carbocycles. The lowest BCUT2D eigenvalue weighted by atomic mass is 10.2. The molecule has 1 unspecified atom stereocenters. The summed E-state index contributed by atoms with van der Waals surface area (Å²) in [4.78, 5) is 12.4. The molecule has 2 rings (SSSR count). The Hall–Kier alpha value is -1.87. The van der Waals surface area contributed by atoms with E-state index in [0.29, 0.717) is 24.1 Å². The summed E-state index contributed by atoms with van der Waals surface area (Å²) in [5, 5.41) is 8.20. The summed E-state index contributed by atoms with van der Waals surface area (Å²) >= 11 is 1.22. The number of thioether (sulfide) groups is 1. The number of carbonyl (C=O) groups excluding carboxylic acids is 1. The van der Waals surface area contributed by atoms with Gasteiger partial charge in [-0.2, -0.15) is 0 Å². The average molecular weight is 426 g/mol. The molecule has 1 atom stereocenters. The van der Waals surface area contributed by atoms with Gasteiger partial charge in [-0.1, -0.05) is 43.3 Å². The molecule has 2 aromatic rings. The predicted molar refractivity (Wildman–Crippen MR) is 109 cm³/mol. The molecular formula is C19H27N3O4S2. The van der Waals surface area contributed by atoms with Crippen molar-refractivity contribution in [2.45, 2.75) is 62.2 Å². The van der Waals surface area contributed by atoms with E-state index in [1.54, 1.807) is 35.8 Å². The van der Waals surface area contributed by atoms with Crippen molar-refractivity contribution in [3.05, 3.63) is 35.7 Å². The topological polar surface area (TPSA) is 91.1 Å². The number of carbonyl (C=O) groups is 1. The van der Waals surface area contributed by atoms with E-state index in [2.05, 4.69) is 10.2 Å². The second kappa shape index (κ2) is 9.56. The zero-order valence-electron chi connectivity index (χ0n) is 16.9. The van der Waals surface area contributed by atoms with E-state index >= 15 is 0 Å². The van der Waals surface area contributed by atoms with E-state index in [1.165, 1.54) is 11.8 Å². The minimum absolute atomic E-state index is 0.246. The summed E-state index contributed by atoms with van der Waals surface area (Å²) in [7, 11) is -3.54. The Bertz CT molecular complexity index is 906. The first-order chi connectivity index (χ1) is 13.1. The van der Waals surface area contributed by atoms with Crippen LogP contribution >= 0.6 is 11.8 Å². The molecule has 9 heteroatoms. The fourth-order valence-electron chi connectivity index (χ4n) is 2.40. The Kier molecular flexibility index (Phi) is 7.65. The van der Waals surface area contributed by atoms with Gasteiger partial charge < -0.3 is 9.30 Å². The fourth-order valence-corrected chi connectivity index (χ4v) is 4.60. The van der Waals surface area contributed by atoms with Gasteiger partial charge in [-0.15, -0.1) is 10.2 Å². The van der Waals surface area contributed by atoms with Gasteiger partial charge in [0.05, 0.1) is 11.5 Å². The highest BCUT2D eigenvalue weighted by Crippen LogP contribution is 2.25. The van der Waals surface area contributed by atoms with E-state index in [0.717, 1.165) is 5.56 Å². The van der Waals surface area contributed by atoms with Crippen LogP contribution in [0, 0.1) is 12.8 Å². The van der Waals surface area contributed by atoms with Crippen LogP contribution < -0.4 is 0 Å². The first-order valence-corrected chi connectivity index (χ1v) is 11.7. The highest BCUT2D eigenvalue weighted by atomic mass is 32.2. The number of hydrogen-bond donors (Lipinski definition) is 0. The molecule has 0 fully saturated rings. The lowest BCUT2D eigenvalue weighted by molar-refractivity contribution is -0.143. The highest BCUT2D eigenvalue weighted by molar-refractivity contribution is 8.00. The van der Waals surface area contributed by atoms with Gasteiger partial charge in [0.1, 0.15) is 16.8 Å². The predicted octanol–water partition coefficient (Wildman–Crippen LogP) is 3.26. The molecule has 0 amide bonds. The smallest absolute Gasteiger partial charge is 0.319 e. The molecule has 1 heterocycles. The van der Waals surface area contributed by atoms with Crippen LogP contribution in [0.3, 0.4) is 0 Å². The second-order valence-electron chi connectivity index (χ2n) is 7.00. The Labute approximate surface area is 170 Å². The lowest BCUT2D eigenvalue weighted by Gasteiger charge is -2.13. The minimum Gasteiger partial charge on any atom is -0.465 e. The van der Waals surface area contributed by atoms with E-state index < -0.39 is 15.1 Å². The minimum atomic E-state index is -3.54. The van der Waals surface area contributed by atoms with Gasteiger partial charge in [0.25, 0.3) is 0 Å². The summed E-state index contributed by atoms with van der Waals surface area (Å²) in [6.07, 6.45) is 0. The maximum atomic E-state index is 12.7. The van der Waals surface area contributed by atoms with Crippen molar-refractivity contribution in [2.75, 3.05) is 6.61 Å². The molecule has 1 aromatic heterocycles. The van der Waals surface area contributed by atoms with Crippen LogP contribution in [0.2, 0.25) is 0 Å². The molecule has 0 spiro atoms. The van der Waals surface area contributed by atoms with Gasteiger partial charge in [0, 0.05) is 6.54 Å². The van der Waals surface area contributed by atoms with Gasteiger partial charge in [-0.05, 0) is 38.8 Å². The average Bonchev–Trinajstić information content (AvgIpc) is 3.00. The van der Waals surface area contributed by atoms with E-state index in [9.17, 15) is 13.2 Å². The number of esters is 1. The van der Waals surface area contributed by atoms with Gasteiger partial charge in [0.2, 0.25) is 0 Å². The maximum absolute atomic E-state index is 12.7. The maximum Gasteiger partial charge on any atom is 0.319 e. The number of hydrogen-bond acceptors (Lipinski definition) is 7. The van der Waals surface area contributed by atoms with Crippen LogP contribution in [0.1, 0.15) is 39.1 Å². The van der Waals surface area contributed by atoms with Crippen LogP contribution in [0.25, 0.3) is 0 Å². The number of nitrogens with zero attached hydrogens (tertiary/aromatic N) is 3. The standard InChI is InChI=1S/C19H27N3O4S2/c1-6-22-17(12-28(24,25)16-9-7-14(4)8-10-16)20-21-19(22)27-15(5)18(23)26-11-13(2)3/h7-10,13,15H,6,11-12H2,1-5H3. The molecule has 0 aliphatic carbocycles. The van der Waals surface area contributed by atoms with Crippen molar-refractivity contribution in [3.63, 3.8) is 0 Å².